The number of ether oxygens (including phenoxy) is 1. The van der Waals surface area contributed by atoms with Crippen LogP contribution in [0.5, 0.6) is 0 Å². The molecule has 28 heavy (non-hydrogen) atoms. The number of likely N-dealkylation sites (N-methyl/N-ethyl adjacent to an activating group) is 1. The van der Waals surface area contributed by atoms with Gasteiger partial charge in [0.15, 0.2) is 0 Å². The molecule has 1 N–H and O–H groups in total. The average Bonchev–Trinajstić information content (AvgIpc) is 3.16. The summed E-state index contributed by atoms with van der Waals surface area (Å²) in [6.45, 7) is 8.90. The molecule has 2 rings (SSSR count). The number of carbonyl (C=O) groups is 1. The van der Waals surface area contributed by atoms with E-state index in [0.29, 0.717) is 12.5 Å². The fourth-order valence-electron chi connectivity index (χ4n) is 3.73. The molecule has 1 saturated carbocycles. The molecule has 0 saturated heterocycles. The Balaban J connectivity index is 1.91. The van der Waals surface area contributed by atoms with Crippen molar-refractivity contribution in [3.8, 4) is 0 Å². The molecule has 0 amide bonds. The fraction of sp³-hybridized carbons (Fsp3) is 0.625. The van der Waals surface area contributed by atoms with Gasteiger partial charge in [-0.1, -0.05) is 50.3 Å². The lowest BCUT2D eigenvalue weighted by atomic mass is 10.0. The quantitative estimate of drug-likeness (QED) is 0.443. The van der Waals surface area contributed by atoms with Gasteiger partial charge in [0.2, 0.25) is 0 Å². The molecule has 156 valence electrons. The summed E-state index contributed by atoms with van der Waals surface area (Å²) in [4.78, 5) is 15.0. The maximum Gasteiger partial charge on any atom is 0.323 e. The number of carbonyl (C=O) groups excluding carboxylic acids is 1. The van der Waals surface area contributed by atoms with Gasteiger partial charge in [0.05, 0.1) is 0 Å². The van der Waals surface area contributed by atoms with E-state index in [1.165, 1.54) is 24.0 Å². The van der Waals surface area contributed by atoms with E-state index in [2.05, 4.69) is 67.5 Å². The second-order valence-electron chi connectivity index (χ2n) is 8.49. The van der Waals surface area contributed by atoms with Crippen molar-refractivity contribution in [2.75, 3.05) is 13.6 Å². The largest absolute Gasteiger partial charge is 0.461 e. The van der Waals surface area contributed by atoms with Crippen molar-refractivity contribution in [1.29, 1.82) is 0 Å². The third-order valence-corrected chi connectivity index (χ3v) is 5.23. The molecule has 0 aromatic heterocycles. The molecule has 1 aromatic rings. The Morgan fingerprint density at radius 2 is 2.00 bits per heavy atom. The zero-order chi connectivity index (χ0) is 20.4. The first-order chi connectivity index (χ1) is 13.5. The third kappa shape index (κ3) is 8.15. The SMILES string of the molecule is C/C=C/CN(C)Cc1cccc(CN[C@@H](CC(C)C)C(=O)OC2CCCC2)c1. The van der Waals surface area contributed by atoms with E-state index in [1.54, 1.807) is 0 Å². The van der Waals surface area contributed by atoms with E-state index in [0.717, 1.165) is 32.4 Å². The molecular weight excluding hydrogens is 348 g/mol. The first kappa shape index (κ1) is 22.6. The van der Waals surface area contributed by atoms with Crippen LogP contribution in [0.1, 0.15) is 64.0 Å². The van der Waals surface area contributed by atoms with Gasteiger partial charge in [-0.15, -0.1) is 0 Å². The van der Waals surface area contributed by atoms with Crippen molar-refractivity contribution in [1.82, 2.24) is 10.2 Å². The maximum atomic E-state index is 12.7. The lowest BCUT2D eigenvalue weighted by molar-refractivity contribution is -0.151. The minimum atomic E-state index is -0.235. The van der Waals surface area contributed by atoms with E-state index in [1.807, 2.05) is 6.92 Å². The number of nitrogens with zero attached hydrogens (tertiary/aromatic N) is 1. The third-order valence-electron chi connectivity index (χ3n) is 5.23. The molecule has 4 nitrogen and oxygen atoms in total. The van der Waals surface area contributed by atoms with Gasteiger partial charge >= 0.3 is 5.97 Å². The molecule has 1 atom stereocenters. The van der Waals surface area contributed by atoms with Crippen LogP contribution in [-0.4, -0.2) is 36.6 Å². The lowest BCUT2D eigenvalue weighted by Gasteiger charge is -2.22. The minimum absolute atomic E-state index is 0.0807. The number of rotatable bonds is 11. The van der Waals surface area contributed by atoms with E-state index < -0.39 is 0 Å². The summed E-state index contributed by atoms with van der Waals surface area (Å²) in [5.74, 6) is 0.364. The maximum absolute atomic E-state index is 12.7. The fourth-order valence-corrected chi connectivity index (χ4v) is 3.73. The lowest BCUT2D eigenvalue weighted by Crippen LogP contribution is -2.40. The molecule has 0 spiro atoms. The minimum Gasteiger partial charge on any atom is -0.461 e. The predicted octanol–water partition coefficient (Wildman–Crippen LogP) is 4.68. The zero-order valence-electron chi connectivity index (χ0n) is 18.1. The molecule has 1 aliphatic rings. The van der Waals surface area contributed by atoms with Gasteiger partial charge < -0.3 is 10.1 Å². The second kappa shape index (κ2) is 12.0. The highest BCUT2D eigenvalue weighted by molar-refractivity contribution is 5.76. The Morgan fingerprint density at radius 1 is 1.29 bits per heavy atom. The summed E-state index contributed by atoms with van der Waals surface area (Å²) in [6, 6.07) is 8.38. The summed E-state index contributed by atoms with van der Waals surface area (Å²) in [7, 11) is 2.13. The molecule has 4 heteroatoms. The predicted molar refractivity (Wildman–Crippen MR) is 116 cm³/mol. The van der Waals surface area contributed by atoms with Gasteiger partial charge in [0.1, 0.15) is 12.1 Å². The van der Waals surface area contributed by atoms with Crippen LogP contribution >= 0.6 is 0 Å². The van der Waals surface area contributed by atoms with E-state index in [9.17, 15) is 4.79 Å². The number of esters is 1. The number of benzene rings is 1. The van der Waals surface area contributed by atoms with E-state index in [-0.39, 0.29) is 18.1 Å². The van der Waals surface area contributed by atoms with Crippen LogP contribution in [-0.2, 0) is 22.6 Å². The van der Waals surface area contributed by atoms with Crippen LogP contribution in [0.2, 0.25) is 0 Å². The molecule has 0 heterocycles. The molecule has 0 aliphatic heterocycles. The normalized spacial score (nSPS) is 16.4. The molecule has 1 fully saturated rings. The number of nitrogens with one attached hydrogen (secondary N) is 1. The first-order valence-corrected chi connectivity index (χ1v) is 10.8. The summed E-state index contributed by atoms with van der Waals surface area (Å²) in [5.41, 5.74) is 2.50. The molecule has 1 aliphatic carbocycles. The van der Waals surface area contributed by atoms with Gasteiger partial charge in [-0.25, -0.2) is 0 Å². The van der Waals surface area contributed by atoms with Crippen LogP contribution in [0, 0.1) is 5.92 Å². The number of hydrogen-bond acceptors (Lipinski definition) is 4. The Hall–Kier alpha value is -1.65. The Kier molecular flexibility index (Phi) is 9.72. The number of allylic oxidation sites excluding steroid dienone is 1. The van der Waals surface area contributed by atoms with Gasteiger partial charge in [-0.2, -0.15) is 0 Å². The van der Waals surface area contributed by atoms with E-state index >= 15 is 0 Å². The molecule has 1 aromatic carbocycles. The number of hydrogen-bond donors (Lipinski definition) is 1. The van der Waals surface area contributed by atoms with Gasteiger partial charge in [0, 0.05) is 19.6 Å². The van der Waals surface area contributed by atoms with Crippen LogP contribution < -0.4 is 5.32 Å². The van der Waals surface area contributed by atoms with Crippen LogP contribution in [0.4, 0.5) is 0 Å². The van der Waals surface area contributed by atoms with Crippen molar-refractivity contribution >= 4 is 5.97 Å². The average molecular weight is 387 g/mol. The highest BCUT2D eigenvalue weighted by Crippen LogP contribution is 2.22. The van der Waals surface area contributed by atoms with Crippen molar-refractivity contribution in [2.24, 2.45) is 5.92 Å². The molecule has 0 bridgehead atoms. The zero-order valence-corrected chi connectivity index (χ0v) is 18.1. The summed E-state index contributed by atoms with van der Waals surface area (Å²) >= 11 is 0. The topological polar surface area (TPSA) is 41.6 Å². The van der Waals surface area contributed by atoms with Gasteiger partial charge in [-0.05, 0) is 63.1 Å². The van der Waals surface area contributed by atoms with Crippen molar-refractivity contribution in [3.63, 3.8) is 0 Å². The Bertz CT molecular complexity index is 621. The summed E-state index contributed by atoms with van der Waals surface area (Å²) < 4.78 is 5.76. The van der Waals surface area contributed by atoms with Crippen LogP contribution in [0.15, 0.2) is 36.4 Å². The van der Waals surface area contributed by atoms with E-state index in [4.69, 9.17) is 4.74 Å². The Morgan fingerprint density at radius 3 is 2.68 bits per heavy atom. The van der Waals surface area contributed by atoms with Crippen LogP contribution in [0.25, 0.3) is 0 Å². The Labute approximate surface area is 171 Å². The van der Waals surface area contributed by atoms with Gasteiger partial charge in [-0.3, -0.25) is 9.69 Å². The smallest absolute Gasteiger partial charge is 0.323 e. The monoisotopic (exact) mass is 386 g/mol. The molecule has 0 unspecified atom stereocenters. The highest BCUT2D eigenvalue weighted by Gasteiger charge is 2.25. The standard InChI is InChI=1S/C24H38N2O2/c1-5-6-14-26(4)18-21-11-9-10-20(16-21)17-25-23(15-19(2)3)24(27)28-22-12-7-8-13-22/h5-6,9-11,16,19,22-23,25H,7-8,12-15,17-18H2,1-4H3/b6-5+/t23-/m0/s1. The highest BCUT2D eigenvalue weighted by atomic mass is 16.5. The first-order valence-electron chi connectivity index (χ1n) is 10.8. The molecule has 0 radical (unpaired) electrons. The van der Waals surface area contributed by atoms with Crippen LogP contribution in [0.3, 0.4) is 0 Å². The summed E-state index contributed by atoms with van der Waals surface area (Å²) in [5, 5.41) is 3.46. The van der Waals surface area contributed by atoms with Crippen molar-refractivity contribution < 1.29 is 9.53 Å². The van der Waals surface area contributed by atoms with Crippen molar-refractivity contribution in [2.45, 2.75) is 78.1 Å². The molecular formula is C24H38N2O2. The van der Waals surface area contributed by atoms with Gasteiger partial charge in [0.25, 0.3) is 0 Å². The van der Waals surface area contributed by atoms with Crippen molar-refractivity contribution in [3.05, 3.63) is 47.5 Å². The second-order valence-corrected chi connectivity index (χ2v) is 8.49. The summed E-state index contributed by atoms with van der Waals surface area (Å²) in [6.07, 6.45) is 9.56.